The molecule has 2 heterocycles. The summed E-state index contributed by atoms with van der Waals surface area (Å²) in [7, 11) is -0.375. The standard InChI is InChI=1S/C21H33N3O5S/c1-28-19-11-7-9-17(20(19)29-2)15-22-21(25)18-10-8-14-24(16-18)30(26,27)23-12-5-3-4-6-13-23/h7,9,11,18H,3-6,8,10,12-16H2,1-2H3,(H,22,25)/t18-/m0/s1. The van der Waals surface area contributed by atoms with Gasteiger partial charge in [-0.15, -0.1) is 0 Å². The van der Waals surface area contributed by atoms with Gasteiger partial charge in [0.1, 0.15) is 0 Å². The van der Waals surface area contributed by atoms with Gasteiger partial charge in [0.2, 0.25) is 5.91 Å². The third-order valence-electron chi connectivity index (χ3n) is 5.91. The zero-order valence-electron chi connectivity index (χ0n) is 17.9. The lowest BCUT2D eigenvalue weighted by molar-refractivity contribution is -0.126. The fourth-order valence-electron chi connectivity index (χ4n) is 4.22. The van der Waals surface area contributed by atoms with Crippen LogP contribution in [0.2, 0.25) is 0 Å². The van der Waals surface area contributed by atoms with Crippen LogP contribution in [-0.2, 0) is 21.5 Å². The average Bonchev–Trinajstić information content (AvgIpc) is 3.07. The summed E-state index contributed by atoms with van der Waals surface area (Å²) in [5.74, 6) is 0.721. The summed E-state index contributed by atoms with van der Waals surface area (Å²) < 4.78 is 40.0. The maximum Gasteiger partial charge on any atom is 0.281 e. The van der Waals surface area contributed by atoms with E-state index < -0.39 is 10.2 Å². The summed E-state index contributed by atoms with van der Waals surface area (Å²) in [6, 6.07) is 5.52. The number of nitrogens with zero attached hydrogens (tertiary/aromatic N) is 2. The Kier molecular flexibility index (Phi) is 7.96. The van der Waals surface area contributed by atoms with E-state index in [-0.39, 0.29) is 18.4 Å². The van der Waals surface area contributed by atoms with Crippen molar-refractivity contribution in [3.8, 4) is 11.5 Å². The number of hydrogen-bond donors (Lipinski definition) is 1. The molecule has 168 valence electrons. The first kappa shape index (κ1) is 22.8. The van der Waals surface area contributed by atoms with Crippen molar-refractivity contribution in [2.45, 2.75) is 45.1 Å². The second-order valence-electron chi connectivity index (χ2n) is 7.89. The number of carbonyl (C=O) groups excluding carboxylic acids is 1. The largest absolute Gasteiger partial charge is 0.493 e. The van der Waals surface area contributed by atoms with Crippen molar-refractivity contribution < 1.29 is 22.7 Å². The molecule has 1 aromatic carbocycles. The van der Waals surface area contributed by atoms with E-state index in [4.69, 9.17) is 9.47 Å². The highest BCUT2D eigenvalue weighted by molar-refractivity contribution is 7.86. The van der Waals surface area contributed by atoms with E-state index in [1.54, 1.807) is 24.6 Å². The smallest absolute Gasteiger partial charge is 0.281 e. The van der Waals surface area contributed by atoms with Gasteiger partial charge < -0.3 is 14.8 Å². The normalized spacial score (nSPS) is 21.6. The lowest BCUT2D eigenvalue weighted by Gasteiger charge is -2.34. The van der Waals surface area contributed by atoms with Gasteiger partial charge in [-0.25, -0.2) is 0 Å². The average molecular weight is 440 g/mol. The third kappa shape index (κ3) is 5.25. The Morgan fingerprint density at radius 1 is 1.03 bits per heavy atom. The van der Waals surface area contributed by atoms with Crippen LogP contribution < -0.4 is 14.8 Å². The number of piperidine rings is 1. The van der Waals surface area contributed by atoms with Crippen molar-refractivity contribution in [1.29, 1.82) is 0 Å². The maximum absolute atomic E-state index is 13.1. The first-order chi connectivity index (χ1) is 14.5. The number of para-hydroxylation sites is 1. The molecule has 2 saturated heterocycles. The van der Waals surface area contributed by atoms with Gasteiger partial charge in [-0.2, -0.15) is 17.0 Å². The molecule has 2 aliphatic heterocycles. The lowest BCUT2D eigenvalue weighted by Crippen LogP contribution is -2.50. The summed E-state index contributed by atoms with van der Waals surface area (Å²) in [4.78, 5) is 12.8. The molecule has 9 heteroatoms. The van der Waals surface area contributed by atoms with E-state index in [0.717, 1.165) is 31.2 Å². The van der Waals surface area contributed by atoms with Gasteiger partial charge in [0.15, 0.2) is 11.5 Å². The molecule has 2 fully saturated rings. The van der Waals surface area contributed by atoms with Crippen LogP contribution in [0.15, 0.2) is 18.2 Å². The Morgan fingerprint density at radius 2 is 1.73 bits per heavy atom. The fourth-order valence-corrected chi connectivity index (χ4v) is 6.00. The molecule has 0 bridgehead atoms. The van der Waals surface area contributed by atoms with Crippen molar-refractivity contribution in [3.63, 3.8) is 0 Å². The van der Waals surface area contributed by atoms with Crippen molar-refractivity contribution >= 4 is 16.1 Å². The number of nitrogens with one attached hydrogen (secondary N) is 1. The van der Waals surface area contributed by atoms with Gasteiger partial charge in [-0.1, -0.05) is 25.0 Å². The first-order valence-electron chi connectivity index (χ1n) is 10.7. The Bertz CT molecular complexity index is 822. The zero-order chi connectivity index (χ0) is 21.6. The minimum absolute atomic E-state index is 0.129. The van der Waals surface area contributed by atoms with Gasteiger partial charge in [0, 0.05) is 38.3 Å². The summed E-state index contributed by atoms with van der Waals surface area (Å²) in [5, 5.41) is 2.95. The first-order valence-corrected chi connectivity index (χ1v) is 12.1. The molecule has 0 spiro atoms. The number of methoxy groups -OCH3 is 2. The van der Waals surface area contributed by atoms with E-state index in [2.05, 4.69) is 5.32 Å². The van der Waals surface area contributed by atoms with Crippen LogP contribution in [0.25, 0.3) is 0 Å². The highest BCUT2D eigenvalue weighted by Gasteiger charge is 2.36. The van der Waals surface area contributed by atoms with Crippen molar-refractivity contribution in [2.75, 3.05) is 40.4 Å². The molecule has 8 nitrogen and oxygen atoms in total. The number of amides is 1. The van der Waals surface area contributed by atoms with Gasteiger partial charge in [-0.3, -0.25) is 4.79 Å². The van der Waals surface area contributed by atoms with Crippen molar-refractivity contribution in [1.82, 2.24) is 13.9 Å². The van der Waals surface area contributed by atoms with Crippen LogP contribution in [0.1, 0.15) is 44.1 Å². The van der Waals surface area contributed by atoms with Crippen LogP contribution in [0.5, 0.6) is 11.5 Å². The van der Waals surface area contributed by atoms with Gasteiger partial charge in [-0.05, 0) is 31.7 Å². The molecule has 1 atom stereocenters. The summed E-state index contributed by atoms with van der Waals surface area (Å²) in [6.45, 7) is 2.16. The molecule has 3 rings (SSSR count). The molecule has 0 aliphatic carbocycles. The third-order valence-corrected chi connectivity index (χ3v) is 7.91. The van der Waals surface area contributed by atoms with Crippen molar-refractivity contribution in [2.24, 2.45) is 5.92 Å². The van der Waals surface area contributed by atoms with Crippen molar-refractivity contribution in [3.05, 3.63) is 23.8 Å². The summed E-state index contributed by atoms with van der Waals surface area (Å²) >= 11 is 0. The van der Waals surface area contributed by atoms with Crippen LogP contribution in [0.4, 0.5) is 0 Å². The minimum atomic E-state index is -3.51. The summed E-state index contributed by atoms with van der Waals surface area (Å²) in [5.41, 5.74) is 0.815. The predicted octanol–water partition coefficient (Wildman–Crippen LogP) is 2.15. The maximum atomic E-state index is 13.1. The molecular formula is C21H33N3O5S. The number of ether oxygens (including phenoxy) is 2. The van der Waals surface area contributed by atoms with Crippen LogP contribution in [0, 0.1) is 5.92 Å². The Balaban J connectivity index is 1.62. The lowest BCUT2D eigenvalue weighted by atomic mass is 9.98. The number of rotatable bonds is 7. The number of carbonyl (C=O) groups is 1. The van der Waals surface area contributed by atoms with Gasteiger partial charge in [0.05, 0.1) is 20.1 Å². The van der Waals surface area contributed by atoms with E-state index in [1.807, 2.05) is 12.1 Å². The molecule has 30 heavy (non-hydrogen) atoms. The second kappa shape index (κ2) is 10.5. The molecule has 0 aromatic heterocycles. The van der Waals surface area contributed by atoms with E-state index in [9.17, 15) is 13.2 Å². The molecule has 0 unspecified atom stereocenters. The SMILES string of the molecule is COc1cccc(CNC(=O)[C@H]2CCCN(S(=O)(=O)N3CCCCCC3)C2)c1OC. The second-order valence-corrected chi connectivity index (χ2v) is 9.82. The molecule has 1 amide bonds. The minimum Gasteiger partial charge on any atom is -0.493 e. The number of benzene rings is 1. The van der Waals surface area contributed by atoms with Gasteiger partial charge >= 0.3 is 0 Å². The summed E-state index contributed by atoms with van der Waals surface area (Å²) in [6.07, 6.45) is 5.33. The van der Waals surface area contributed by atoms with E-state index in [1.165, 1.54) is 4.31 Å². The Labute approximate surface area is 179 Å². The molecule has 1 aromatic rings. The van der Waals surface area contributed by atoms with E-state index >= 15 is 0 Å². The number of hydrogen-bond acceptors (Lipinski definition) is 5. The van der Waals surface area contributed by atoms with Crippen LogP contribution in [-0.4, -0.2) is 63.3 Å². The predicted molar refractivity (Wildman–Crippen MR) is 115 cm³/mol. The topological polar surface area (TPSA) is 88.2 Å². The Morgan fingerprint density at radius 3 is 2.40 bits per heavy atom. The quantitative estimate of drug-likeness (QED) is 0.703. The zero-order valence-corrected chi connectivity index (χ0v) is 18.7. The molecule has 1 N–H and O–H groups in total. The van der Waals surface area contributed by atoms with Gasteiger partial charge in [0.25, 0.3) is 10.2 Å². The van der Waals surface area contributed by atoms with E-state index in [0.29, 0.717) is 50.5 Å². The monoisotopic (exact) mass is 439 g/mol. The molecule has 0 radical (unpaired) electrons. The molecule has 2 aliphatic rings. The fraction of sp³-hybridized carbons (Fsp3) is 0.667. The highest BCUT2D eigenvalue weighted by atomic mass is 32.2. The van der Waals surface area contributed by atoms with Crippen LogP contribution >= 0.6 is 0 Å². The van der Waals surface area contributed by atoms with Crippen LogP contribution in [0.3, 0.4) is 0 Å². The molecular weight excluding hydrogens is 406 g/mol. The molecule has 0 saturated carbocycles. The highest BCUT2D eigenvalue weighted by Crippen LogP contribution is 2.30. The Hall–Kier alpha value is -1.84.